The van der Waals surface area contributed by atoms with Crippen LogP contribution in [-0.4, -0.2) is 61.8 Å². The summed E-state index contributed by atoms with van der Waals surface area (Å²) in [5.41, 5.74) is 5.89. The topological polar surface area (TPSA) is 113 Å². The summed E-state index contributed by atoms with van der Waals surface area (Å²) in [7, 11) is -3.48. The number of anilines is 2. The van der Waals surface area contributed by atoms with Gasteiger partial charge in [0.15, 0.2) is 20.6 Å². The van der Waals surface area contributed by atoms with Crippen molar-refractivity contribution < 1.29 is 13.5 Å². The fourth-order valence-electron chi connectivity index (χ4n) is 2.40. The summed E-state index contributed by atoms with van der Waals surface area (Å²) in [4.78, 5) is 1.97. The van der Waals surface area contributed by atoms with Crippen molar-refractivity contribution in [1.82, 2.24) is 15.1 Å². The van der Waals surface area contributed by atoms with Gasteiger partial charge >= 0.3 is 0 Å². The molecule has 1 atom stereocenters. The standard InChI is InChI=1S/C11H21N5O3S/c1-8-7-15(4-3-13-8)11-9(20(2,18)19)10(12)16(14-11)5-6-17/h8,13,17H,3-7,12H2,1-2H3/t8-/m1/s1. The SMILES string of the molecule is C[C@@H]1CN(c2nn(CCO)c(N)c2S(C)(=O)=O)CCN1. The van der Waals surface area contributed by atoms with Gasteiger partial charge in [0.25, 0.3) is 0 Å². The van der Waals surface area contributed by atoms with E-state index in [2.05, 4.69) is 10.4 Å². The van der Waals surface area contributed by atoms with Gasteiger partial charge in [0.1, 0.15) is 5.82 Å². The highest BCUT2D eigenvalue weighted by molar-refractivity contribution is 7.91. The third-order valence-corrected chi connectivity index (χ3v) is 4.41. The van der Waals surface area contributed by atoms with Crippen LogP contribution in [0.2, 0.25) is 0 Å². The highest BCUT2D eigenvalue weighted by Gasteiger charge is 2.29. The van der Waals surface area contributed by atoms with Crippen LogP contribution in [0.3, 0.4) is 0 Å². The molecule has 20 heavy (non-hydrogen) atoms. The van der Waals surface area contributed by atoms with Crippen molar-refractivity contribution >= 4 is 21.5 Å². The maximum absolute atomic E-state index is 12.0. The lowest BCUT2D eigenvalue weighted by Gasteiger charge is -2.32. The van der Waals surface area contributed by atoms with Gasteiger partial charge in [-0.2, -0.15) is 5.10 Å². The van der Waals surface area contributed by atoms with Crippen LogP contribution >= 0.6 is 0 Å². The number of aliphatic hydroxyl groups is 1. The molecular formula is C11H21N5O3S. The summed E-state index contributed by atoms with van der Waals surface area (Å²) >= 11 is 0. The molecule has 0 saturated carbocycles. The van der Waals surface area contributed by atoms with Crippen molar-refractivity contribution in [2.45, 2.75) is 24.4 Å². The van der Waals surface area contributed by atoms with E-state index in [0.717, 1.165) is 12.8 Å². The average Bonchev–Trinajstić information content (AvgIpc) is 2.67. The lowest BCUT2D eigenvalue weighted by atomic mass is 10.2. The minimum atomic E-state index is -3.48. The van der Waals surface area contributed by atoms with Crippen LogP contribution < -0.4 is 16.0 Å². The molecule has 1 aromatic heterocycles. The summed E-state index contributed by atoms with van der Waals surface area (Å²) < 4.78 is 25.3. The second-order valence-electron chi connectivity index (χ2n) is 5.06. The van der Waals surface area contributed by atoms with Crippen LogP contribution in [0.25, 0.3) is 0 Å². The van der Waals surface area contributed by atoms with Crippen LogP contribution in [0.1, 0.15) is 6.92 Å². The van der Waals surface area contributed by atoms with Crippen molar-refractivity contribution in [2.24, 2.45) is 0 Å². The predicted octanol–water partition coefficient (Wildman–Crippen LogP) is -1.34. The van der Waals surface area contributed by atoms with E-state index in [1.807, 2.05) is 11.8 Å². The lowest BCUT2D eigenvalue weighted by Crippen LogP contribution is -2.49. The summed E-state index contributed by atoms with van der Waals surface area (Å²) in [6.45, 7) is 4.15. The molecule has 4 N–H and O–H groups in total. The maximum Gasteiger partial charge on any atom is 0.182 e. The van der Waals surface area contributed by atoms with E-state index in [4.69, 9.17) is 10.8 Å². The van der Waals surface area contributed by atoms with E-state index in [-0.39, 0.29) is 29.9 Å². The Kier molecular flexibility index (Phi) is 4.21. The quantitative estimate of drug-likeness (QED) is 0.631. The van der Waals surface area contributed by atoms with Gasteiger partial charge in [0, 0.05) is 31.9 Å². The molecule has 0 aromatic carbocycles. The van der Waals surface area contributed by atoms with Gasteiger partial charge in [-0.15, -0.1) is 0 Å². The number of nitrogens with one attached hydrogen (secondary N) is 1. The largest absolute Gasteiger partial charge is 0.394 e. The molecule has 1 aliphatic rings. The zero-order valence-electron chi connectivity index (χ0n) is 11.7. The Hall–Kier alpha value is -1.32. The van der Waals surface area contributed by atoms with E-state index in [1.54, 1.807) is 0 Å². The minimum absolute atomic E-state index is 0.0556. The Labute approximate surface area is 118 Å². The summed E-state index contributed by atoms with van der Waals surface area (Å²) in [6.07, 6.45) is 1.12. The second kappa shape index (κ2) is 5.58. The molecule has 0 amide bonds. The van der Waals surface area contributed by atoms with Gasteiger partial charge in [0.05, 0.1) is 13.2 Å². The molecule has 0 bridgehead atoms. The van der Waals surface area contributed by atoms with Crippen molar-refractivity contribution in [3.63, 3.8) is 0 Å². The van der Waals surface area contributed by atoms with Crippen LogP contribution in [0.5, 0.6) is 0 Å². The number of piperazine rings is 1. The van der Waals surface area contributed by atoms with Crippen LogP contribution in [0.4, 0.5) is 11.6 Å². The molecule has 0 aliphatic carbocycles. The van der Waals surface area contributed by atoms with E-state index in [0.29, 0.717) is 18.9 Å². The highest BCUT2D eigenvalue weighted by atomic mass is 32.2. The lowest BCUT2D eigenvalue weighted by molar-refractivity contribution is 0.270. The van der Waals surface area contributed by atoms with Crippen LogP contribution in [0, 0.1) is 0 Å². The Morgan fingerprint density at radius 3 is 2.80 bits per heavy atom. The number of nitrogens with zero attached hydrogens (tertiary/aromatic N) is 3. The van der Waals surface area contributed by atoms with Gasteiger partial charge in [-0.3, -0.25) is 0 Å². The number of nitrogen functional groups attached to an aromatic ring is 1. The van der Waals surface area contributed by atoms with Gasteiger partial charge in [0.2, 0.25) is 0 Å². The molecule has 0 radical (unpaired) electrons. The third-order valence-electron chi connectivity index (χ3n) is 3.28. The monoisotopic (exact) mass is 303 g/mol. The molecule has 1 fully saturated rings. The number of aromatic nitrogens is 2. The first-order valence-electron chi connectivity index (χ1n) is 6.50. The molecule has 1 saturated heterocycles. The van der Waals surface area contributed by atoms with E-state index in [1.165, 1.54) is 4.68 Å². The van der Waals surface area contributed by atoms with E-state index < -0.39 is 9.84 Å². The fraction of sp³-hybridized carbons (Fsp3) is 0.727. The number of hydrogen-bond acceptors (Lipinski definition) is 7. The first-order chi connectivity index (χ1) is 9.34. The van der Waals surface area contributed by atoms with Gasteiger partial charge in [-0.25, -0.2) is 13.1 Å². The zero-order chi connectivity index (χ0) is 14.9. The molecule has 1 aliphatic heterocycles. The third kappa shape index (κ3) is 2.89. The van der Waals surface area contributed by atoms with Crippen LogP contribution in [0.15, 0.2) is 4.90 Å². The number of nitrogens with two attached hydrogens (primary N) is 1. The zero-order valence-corrected chi connectivity index (χ0v) is 12.5. The van der Waals surface area contributed by atoms with Gasteiger partial charge in [-0.05, 0) is 6.92 Å². The first kappa shape index (κ1) is 15.1. The predicted molar refractivity (Wildman–Crippen MR) is 76.5 cm³/mol. The number of sulfone groups is 1. The smallest absolute Gasteiger partial charge is 0.182 e. The molecule has 0 spiro atoms. The number of rotatable bonds is 4. The Morgan fingerprint density at radius 1 is 1.55 bits per heavy atom. The average molecular weight is 303 g/mol. The molecule has 9 heteroatoms. The van der Waals surface area contributed by atoms with Crippen molar-refractivity contribution in [3.8, 4) is 0 Å². The molecule has 0 unspecified atom stereocenters. The van der Waals surface area contributed by atoms with Crippen molar-refractivity contribution in [2.75, 3.05) is 43.1 Å². The van der Waals surface area contributed by atoms with Gasteiger partial charge in [-0.1, -0.05) is 0 Å². The summed E-state index contributed by atoms with van der Waals surface area (Å²) in [6, 6.07) is 0.250. The summed E-state index contributed by atoms with van der Waals surface area (Å²) in [5, 5.41) is 16.6. The number of aliphatic hydroxyl groups excluding tert-OH is 1. The van der Waals surface area contributed by atoms with Gasteiger partial charge < -0.3 is 21.1 Å². The minimum Gasteiger partial charge on any atom is -0.394 e. The normalized spacial score (nSPS) is 20.4. The molecule has 8 nitrogen and oxygen atoms in total. The summed E-state index contributed by atoms with van der Waals surface area (Å²) in [5.74, 6) is 0.467. The van der Waals surface area contributed by atoms with E-state index >= 15 is 0 Å². The fourth-order valence-corrected chi connectivity index (χ4v) is 3.38. The molecular weight excluding hydrogens is 282 g/mol. The maximum atomic E-state index is 12.0. The first-order valence-corrected chi connectivity index (χ1v) is 8.39. The molecule has 114 valence electrons. The Balaban J connectivity index is 2.48. The van der Waals surface area contributed by atoms with Crippen molar-refractivity contribution in [3.05, 3.63) is 0 Å². The molecule has 1 aromatic rings. The number of hydrogen-bond donors (Lipinski definition) is 3. The highest BCUT2D eigenvalue weighted by Crippen LogP contribution is 2.30. The van der Waals surface area contributed by atoms with Crippen molar-refractivity contribution in [1.29, 1.82) is 0 Å². The molecule has 2 rings (SSSR count). The Bertz CT molecular complexity index is 583. The Morgan fingerprint density at radius 2 is 2.25 bits per heavy atom. The molecule has 2 heterocycles. The second-order valence-corrected chi connectivity index (χ2v) is 7.01. The van der Waals surface area contributed by atoms with Crippen LogP contribution in [-0.2, 0) is 16.4 Å². The van der Waals surface area contributed by atoms with E-state index in [9.17, 15) is 8.42 Å².